The molecule has 0 saturated carbocycles. The number of aromatic nitrogens is 2. The minimum Gasteiger partial charge on any atom is -0.308 e. The van der Waals surface area contributed by atoms with Crippen LogP contribution in [0.25, 0.3) is 11.4 Å². The van der Waals surface area contributed by atoms with E-state index in [0.29, 0.717) is 0 Å². The van der Waals surface area contributed by atoms with E-state index in [9.17, 15) is 0 Å². The fourth-order valence-corrected chi connectivity index (χ4v) is 2.87. The smallest absolute Gasteiger partial charge is 0.162 e. The van der Waals surface area contributed by atoms with E-state index in [1.807, 2.05) is 0 Å². The molecule has 2 aromatic rings. The maximum absolute atomic E-state index is 5.62. The van der Waals surface area contributed by atoms with Crippen LogP contribution >= 0.6 is 0 Å². The van der Waals surface area contributed by atoms with Crippen LogP contribution in [-0.2, 0) is 12.8 Å². The Morgan fingerprint density at radius 3 is 2.50 bits per heavy atom. The van der Waals surface area contributed by atoms with Gasteiger partial charge in [0.1, 0.15) is 5.82 Å². The second-order valence-electron chi connectivity index (χ2n) is 5.57. The Bertz CT molecular complexity index is 677. The lowest BCUT2D eigenvalue weighted by atomic mass is 10.00. The molecule has 0 saturated heterocycles. The first-order valence-corrected chi connectivity index (χ1v) is 7.04. The predicted molar refractivity (Wildman–Crippen MR) is 81.5 cm³/mol. The first-order valence-electron chi connectivity index (χ1n) is 7.04. The molecule has 0 atom stereocenters. The highest BCUT2D eigenvalue weighted by atomic mass is 15.3. The highest BCUT2D eigenvalue weighted by Gasteiger charge is 2.20. The Hall–Kier alpha value is -1.94. The first kappa shape index (κ1) is 13.1. The van der Waals surface area contributed by atoms with Crippen LogP contribution in [0.2, 0.25) is 0 Å². The van der Waals surface area contributed by atoms with E-state index < -0.39 is 0 Å². The van der Waals surface area contributed by atoms with Crippen molar-refractivity contribution in [1.29, 1.82) is 0 Å². The average Bonchev–Trinajstić information content (AvgIpc) is 2.90. The van der Waals surface area contributed by atoms with Gasteiger partial charge in [-0.2, -0.15) is 0 Å². The second kappa shape index (κ2) is 4.87. The number of aryl methyl sites for hydroxylation is 4. The zero-order valence-corrected chi connectivity index (χ0v) is 12.2. The second-order valence-corrected chi connectivity index (χ2v) is 5.57. The summed E-state index contributed by atoms with van der Waals surface area (Å²) in [5.41, 5.74) is 9.91. The normalized spacial score (nSPS) is 13.4. The molecule has 0 bridgehead atoms. The minimum atomic E-state index is 0.777. The summed E-state index contributed by atoms with van der Waals surface area (Å²) >= 11 is 0. The fraction of sp³-hybridized carbons (Fsp3) is 0.375. The summed E-state index contributed by atoms with van der Waals surface area (Å²) in [4.78, 5) is 9.37. The summed E-state index contributed by atoms with van der Waals surface area (Å²) in [5.74, 6) is 7.18. The molecule has 1 heterocycles. The summed E-state index contributed by atoms with van der Waals surface area (Å²) in [5, 5.41) is 0. The van der Waals surface area contributed by atoms with Gasteiger partial charge >= 0.3 is 0 Å². The van der Waals surface area contributed by atoms with Crippen molar-refractivity contribution in [3.05, 3.63) is 40.1 Å². The molecule has 1 aromatic heterocycles. The summed E-state index contributed by atoms with van der Waals surface area (Å²) in [6, 6.07) is 4.36. The van der Waals surface area contributed by atoms with E-state index >= 15 is 0 Å². The molecule has 1 aromatic carbocycles. The van der Waals surface area contributed by atoms with Gasteiger partial charge in [0.05, 0.1) is 0 Å². The van der Waals surface area contributed by atoms with E-state index in [2.05, 4.69) is 43.3 Å². The molecule has 20 heavy (non-hydrogen) atoms. The fourth-order valence-electron chi connectivity index (χ4n) is 2.87. The number of hydrazine groups is 1. The first-order chi connectivity index (χ1) is 9.60. The third-order valence-electron chi connectivity index (χ3n) is 4.15. The number of nitrogens with one attached hydrogen (secondary N) is 1. The van der Waals surface area contributed by atoms with Gasteiger partial charge in [0.2, 0.25) is 0 Å². The molecule has 4 heteroatoms. The third kappa shape index (κ3) is 2.06. The van der Waals surface area contributed by atoms with Gasteiger partial charge in [-0.25, -0.2) is 15.8 Å². The number of hydrogen-bond acceptors (Lipinski definition) is 4. The van der Waals surface area contributed by atoms with Crippen molar-refractivity contribution in [2.24, 2.45) is 5.84 Å². The van der Waals surface area contributed by atoms with Crippen molar-refractivity contribution >= 4 is 5.82 Å². The third-order valence-corrected chi connectivity index (χ3v) is 4.15. The molecule has 0 fully saturated rings. The molecule has 0 amide bonds. The van der Waals surface area contributed by atoms with Crippen molar-refractivity contribution in [2.75, 3.05) is 5.43 Å². The van der Waals surface area contributed by atoms with Gasteiger partial charge in [-0.1, -0.05) is 6.07 Å². The van der Waals surface area contributed by atoms with Gasteiger partial charge in [-0.15, -0.1) is 0 Å². The Labute approximate surface area is 119 Å². The highest BCUT2D eigenvalue weighted by molar-refractivity contribution is 5.65. The van der Waals surface area contributed by atoms with Gasteiger partial charge in [0.25, 0.3) is 0 Å². The number of hydrogen-bond donors (Lipinski definition) is 2. The molecule has 3 N–H and O–H groups in total. The van der Waals surface area contributed by atoms with Crippen LogP contribution in [0.1, 0.15) is 34.4 Å². The molecule has 0 unspecified atom stereocenters. The molecular formula is C16H20N4. The Morgan fingerprint density at radius 2 is 1.75 bits per heavy atom. The lowest BCUT2D eigenvalue weighted by Crippen LogP contribution is -2.13. The molecule has 1 aliphatic rings. The number of anilines is 1. The van der Waals surface area contributed by atoms with Gasteiger partial charge in [0, 0.05) is 16.8 Å². The summed E-state index contributed by atoms with van der Waals surface area (Å²) in [7, 11) is 0. The number of nitrogens with zero attached hydrogens (tertiary/aromatic N) is 2. The molecule has 3 rings (SSSR count). The number of rotatable bonds is 2. The summed E-state index contributed by atoms with van der Waals surface area (Å²) in [6.45, 7) is 6.35. The summed E-state index contributed by atoms with van der Waals surface area (Å²) in [6.07, 6.45) is 3.17. The van der Waals surface area contributed by atoms with Crippen LogP contribution in [-0.4, -0.2) is 9.97 Å². The standard InChI is InChI=1S/C16H20N4/c1-9-7-11(3)13(8-10(9)2)15-18-14-6-4-5-12(14)16(19-15)20-17/h7-8H,4-6,17H2,1-3H3,(H,18,19,20). The molecule has 0 aliphatic heterocycles. The van der Waals surface area contributed by atoms with Crippen molar-refractivity contribution in [3.63, 3.8) is 0 Å². The number of nitrogen functional groups attached to an aromatic ring is 1. The van der Waals surface area contributed by atoms with Crippen LogP contribution in [0.3, 0.4) is 0 Å². The van der Waals surface area contributed by atoms with Gasteiger partial charge in [-0.05, 0) is 62.8 Å². The van der Waals surface area contributed by atoms with E-state index in [1.165, 1.54) is 22.3 Å². The Kier molecular flexibility index (Phi) is 3.18. The summed E-state index contributed by atoms with van der Waals surface area (Å²) < 4.78 is 0. The Morgan fingerprint density at radius 1 is 1.00 bits per heavy atom. The molecule has 104 valence electrons. The van der Waals surface area contributed by atoms with E-state index in [0.717, 1.165) is 42.2 Å². The monoisotopic (exact) mass is 268 g/mol. The molecule has 0 radical (unpaired) electrons. The molecule has 1 aliphatic carbocycles. The van der Waals surface area contributed by atoms with Gasteiger partial charge in [-0.3, -0.25) is 0 Å². The molecule has 4 nitrogen and oxygen atoms in total. The quantitative estimate of drug-likeness (QED) is 0.649. The maximum atomic E-state index is 5.62. The van der Waals surface area contributed by atoms with Crippen molar-refractivity contribution in [1.82, 2.24) is 9.97 Å². The number of nitrogens with two attached hydrogens (primary N) is 1. The van der Waals surface area contributed by atoms with Crippen molar-refractivity contribution in [2.45, 2.75) is 40.0 Å². The highest BCUT2D eigenvalue weighted by Crippen LogP contribution is 2.30. The SMILES string of the molecule is Cc1cc(C)c(-c2nc3c(c(NN)n2)CCC3)cc1C. The van der Waals surface area contributed by atoms with Crippen LogP contribution in [0.5, 0.6) is 0 Å². The maximum Gasteiger partial charge on any atom is 0.162 e. The lowest BCUT2D eigenvalue weighted by molar-refractivity contribution is 0.900. The minimum absolute atomic E-state index is 0.777. The number of benzene rings is 1. The number of fused-ring (bicyclic) bond motifs is 1. The van der Waals surface area contributed by atoms with Gasteiger partial charge in [0.15, 0.2) is 5.82 Å². The van der Waals surface area contributed by atoms with E-state index in [4.69, 9.17) is 10.8 Å². The Balaban J connectivity index is 2.18. The van der Waals surface area contributed by atoms with E-state index in [-0.39, 0.29) is 0 Å². The van der Waals surface area contributed by atoms with Crippen molar-refractivity contribution in [3.8, 4) is 11.4 Å². The van der Waals surface area contributed by atoms with Crippen LogP contribution in [0.15, 0.2) is 12.1 Å². The van der Waals surface area contributed by atoms with Crippen molar-refractivity contribution < 1.29 is 0 Å². The largest absolute Gasteiger partial charge is 0.308 e. The van der Waals surface area contributed by atoms with Crippen LogP contribution in [0.4, 0.5) is 5.82 Å². The zero-order valence-electron chi connectivity index (χ0n) is 12.2. The molecule has 0 spiro atoms. The lowest BCUT2D eigenvalue weighted by Gasteiger charge is -2.12. The van der Waals surface area contributed by atoms with Crippen LogP contribution < -0.4 is 11.3 Å². The average molecular weight is 268 g/mol. The van der Waals surface area contributed by atoms with Gasteiger partial charge < -0.3 is 5.43 Å². The van der Waals surface area contributed by atoms with Crippen LogP contribution in [0, 0.1) is 20.8 Å². The van der Waals surface area contributed by atoms with E-state index in [1.54, 1.807) is 0 Å². The predicted octanol–water partition coefficient (Wildman–Crippen LogP) is 2.84. The zero-order chi connectivity index (χ0) is 14.3. The topological polar surface area (TPSA) is 63.8 Å². The molecular weight excluding hydrogens is 248 g/mol.